The van der Waals surface area contributed by atoms with Gasteiger partial charge in [0, 0.05) is 0 Å². The second-order valence-corrected chi connectivity index (χ2v) is 5.03. The van der Waals surface area contributed by atoms with Crippen LogP contribution in [0.4, 0.5) is 0 Å². The highest BCUT2D eigenvalue weighted by Crippen LogP contribution is 2.48. The van der Waals surface area contributed by atoms with Gasteiger partial charge in [0.15, 0.2) is 0 Å². The van der Waals surface area contributed by atoms with Crippen LogP contribution in [0.15, 0.2) is 0 Å². The van der Waals surface area contributed by atoms with E-state index < -0.39 is 35.2 Å². The van der Waals surface area contributed by atoms with Crippen molar-refractivity contribution in [3.8, 4) is 0 Å². The maximum atomic E-state index is 11.5. The number of aliphatic carboxylic acids is 1. The van der Waals surface area contributed by atoms with Crippen molar-refractivity contribution >= 4 is 17.9 Å². The zero-order valence-electron chi connectivity index (χ0n) is 9.77. The summed E-state index contributed by atoms with van der Waals surface area (Å²) in [5.74, 6) is -2.83. The van der Waals surface area contributed by atoms with Gasteiger partial charge in [-0.3, -0.25) is 14.4 Å². The van der Waals surface area contributed by atoms with Gasteiger partial charge in [-0.1, -0.05) is 13.3 Å². The van der Waals surface area contributed by atoms with Crippen LogP contribution in [0.3, 0.4) is 0 Å². The third-order valence-electron chi connectivity index (χ3n) is 4.02. The second kappa shape index (κ2) is 4.13. The largest absolute Gasteiger partial charge is 0.481 e. The van der Waals surface area contributed by atoms with Crippen LogP contribution >= 0.6 is 0 Å². The molecule has 0 aromatic heterocycles. The summed E-state index contributed by atoms with van der Waals surface area (Å²) in [5.41, 5.74) is -0.848. The van der Waals surface area contributed by atoms with Crippen molar-refractivity contribution in [3.05, 3.63) is 0 Å². The van der Waals surface area contributed by atoms with Crippen LogP contribution in [0.1, 0.15) is 39.0 Å². The van der Waals surface area contributed by atoms with E-state index >= 15 is 0 Å². The Labute approximate surface area is 99.1 Å². The molecule has 3 atom stereocenters. The maximum absolute atomic E-state index is 11.5. The average Bonchev–Trinajstić information content (AvgIpc) is 2.54. The minimum absolute atomic E-state index is 0.241. The minimum atomic E-state index is -0.857. The van der Waals surface area contributed by atoms with E-state index in [0.717, 1.165) is 6.42 Å². The van der Waals surface area contributed by atoms with E-state index in [1.165, 1.54) is 0 Å². The Hall–Kier alpha value is -1.39. The summed E-state index contributed by atoms with van der Waals surface area (Å²) in [6.45, 7) is 1.93. The van der Waals surface area contributed by atoms with Gasteiger partial charge in [0.1, 0.15) is 0 Å². The highest BCUT2D eigenvalue weighted by Gasteiger charge is 2.54. The van der Waals surface area contributed by atoms with E-state index in [0.29, 0.717) is 19.3 Å². The molecule has 2 fully saturated rings. The smallest absolute Gasteiger partial charge is 0.317 e. The first-order valence-electron chi connectivity index (χ1n) is 5.99. The van der Waals surface area contributed by atoms with Crippen molar-refractivity contribution < 1.29 is 24.2 Å². The van der Waals surface area contributed by atoms with E-state index in [2.05, 4.69) is 4.74 Å². The highest BCUT2D eigenvalue weighted by atomic mass is 16.6. The lowest BCUT2D eigenvalue weighted by molar-refractivity contribution is -0.155. The van der Waals surface area contributed by atoms with Gasteiger partial charge in [-0.05, 0) is 25.7 Å². The number of hydrogen-bond donors (Lipinski definition) is 1. The van der Waals surface area contributed by atoms with E-state index in [-0.39, 0.29) is 6.42 Å². The van der Waals surface area contributed by atoms with Gasteiger partial charge in [-0.2, -0.15) is 0 Å². The Balaban J connectivity index is 2.22. The van der Waals surface area contributed by atoms with Gasteiger partial charge in [-0.15, -0.1) is 0 Å². The predicted octanol–water partition coefficient (Wildman–Crippen LogP) is 1.36. The molecule has 0 aromatic rings. The molecule has 0 bridgehead atoms. The van der Waals surface area contributed by atoms with Crippen LogP contribution < -0.4 is 0 Å². The van der Waals surface area contributed by atoms with Gasteiger partial charge in [0.05, 0.1) is 17.3 Å². The average molecular weight is 240 g/mol. The van der Waals surface area contributed by atoms with Crippen LogP contribution in [0, 0.1) is 17.3 Å². The molecule has 1 N–H and O–H groups in total. The van der Waals surface area contributed by atoms with Crippen LogP contribution in [0.25, 0.3) is 0 Å². The molecule has 2 aliphatic rings. The number of carboxylic acids is 1. The lowest BCUT2D eigenvalue weighted by Gasteiger charge is -2.36. The van der Waals surface area contributed by atoms with Gasteiger partial charge >= 0.3 is 17.9 Å². The predicted molar refractivity (Wildman–Crippen MR) is 56.9 cm³/mol. The number of esters is 2. The summed E-state index contributed by atoms with van der Waals surface area (Å²) in [6.07, 6.45) is 2.45. The molecule has 0 amide bonds. The number of carbonyl (C=O) groups excluding carboxylic acids is 2. The molecule has 5 heteroatoms. The number of fused-ring (bicyclic) bond motifs is 1. The molecular weight excluding hydrogens is 224 g/mol. The van der Waals surface area contributed by atoms with E-state index in [4.69, 9.17) is 0 Å². The number of cyclic esters (lactones) is 2. The van der Waals surface area contributed by atoms with E-state index in [1.54, 1.807) is 0 Å². The molecule has 1 saturated heterocycles. The van der Waals surface area contributed by atoms with Gasteiger partial charge in [0.2, 0.25) is 0 Å². The quantitative estimate of drug-likeness (QED) is 0.595. The molecule has 5 nitrogen and oxygen atoms in total. The number of carboxylic acid groups (broad SMARTS) is 1. The Morgan fingerprint density at radius 3 is 2.65 bits per heavy atom. The fourth-order valence-electron chi connectivity index (χ4n) is 3.09. The lowest BCUT2D eigenvalue weighted by Crippen LogP contribution is -2.40. The Bertz CT molecular complexity index is 375. The summed E-state index contributed by atoms with van der Waals surface area (Å²) in [5, 5.41) is 9.35. The van der Waals surface area contributed by atoms with E-state index in [9.17, 15) is 19.5 Å². The zero-order valence-corrected chi connectivity index (χ0v) is 9.77. The van der Waals surface area contributed by atoms with Gasteiger partial charge < -0.3 is 9.84 Å². The number of ether oxygens (including phenoxy) is 1. The molecular formula is C12H16O5. The molecule has 0 spiro atoms. The third kappa shape index (κ3) is 1.83. The summed E-state index contributed by atoms with van der Waals surface area (Å²) in [6, 6.07) is 0. The monoisotopic (exact) mass is 240 g/mol. The molecule has 0 radical (unpaired) electrons. The Morgan fingerprint density at radius 2 is 2.06 bits per heavy atom. The van der Waals surface area contributed by atoms with E-state index in [1.807, 2.05) is 6.92 Å². The molecule has 3 unspecified atom stereocenters. The summed E-state index contributed by atoms with van der Waals surface area (Å²) < 4.78 is 4.59. The van der Waals surface area contributed by atoms with Crippen molar-refractivity contribution in [3.63, 3.8) is 0 Å². The first-order chi connectivity index (χ1) is 8.00. The Kier molecular flexibility index (Phi) is 2.93. The molecule has 2 rings (SSSR count). The number of rotatable bonds is 3. The number of carbonyl (C=O) groups is 3. The highest BCUT2D eigenvalue weighted by molar-refractivity contribution is 5.97. The van der Waals surface area contributed by atoms with Crippen molar-refractivity contribution in [2.75, 3.05) is 0 Å². The summed E-state index contributed by atoms with van der Waals surface area (Å²) in [7, 11) is 0. The zero-order chi connectivity index (χ0) is 12.6. The molecule has 1 aliphatic heterocycles. The topological polar surface area (TPSA) is 80.7 Å². The van der Waals surface area contributed by atoms with Crippen molar-refractivity contribution in [2.24, 2.45) is 17.3 Å². The molecule has 1 aliphatic carbocycles. The fraction of sp³-hybridized carbons (Fsp3) is 0.750. The fourth-order valence-corrected chi connectivity index (χ4v) is 3.09. The van der Waals surface area contributed by atoms with Gasteiger partial charge in [-0.25, -0.2) is 0 Å². The molecule has 94 valence electrons. The normalized spacial score (nSPS) is 36.5. The minimum Gasteiger partial charge on any atom is -0.481 e. The molecule has 0 aromatic carbocycles. The van der Waals surface area contributed by atoms with Gasteiger partial charge in [0.25, 0.3) is 0 Å². The number of hydrogen-bond acceptors (Lipinski definition) is 4. The second-order valence-electron chi connectivity index (χ2n) is 5.03. The standard InChI is InChI=1S/C12H16O5/c1-2-4-12(11(15)16)5-3-7-8(6-12)10(14)17-9(7)13/h7-8H,2-6H2,1H3,(H,15,16). The maximum Gasteiger partial charge on any atom is 0.317 e. The van der Waals surface area contributed by atoms with Crippen molar-refractivity contribution in [1.82, 2.24) is 0 Å². The van der Waals surface area contributed by atoms with Crippen molar-refractivity contribution in [1.29, 1.82) is 0 Å². The molecule has 1 saturated carbocycles. The molecule has 1 heterocycles. The lowest BCUT2D eigenvalue weighted by atomic mass is 9.64. The van der Waals surface area contributed by atoms with Crippen LogP contribution in [0.5, 0.6) is 0 Å². The SMILES string of the molecule is CCCC1(C(=O)O)CCC2C(=O)OC(=O)C2C1. The van der Waals surface area contributed by atoms with Crippen LogP contribution in [-0.4, -0.2) is 23.0 Å². The van der Waals surface area contributed by atoms with Crippen molar-refractivity contribution in [2.45, 2.75) is 39.0 Å². The molecule has 17 heavy (non-hydrogen) atoms. The van der Waals surface area contributed by atoms with Crippen LogP contribution in [0.2, 0.25) is 0 Å². The Morgan fingerprint density at radius 1 is 1.41 bits per heavy atom. The summed E-state index contributed by atoms with van der Waals surface area (Å²) in [4.78, 5) is 34.3. The van der Waals surface area contributed by atoms with Crippen LogP contribution in [-0.2, 0) is 19.1 Å². The third-order valence-corrected chi connectivity index (χ3v) is 4.02. The first-order valence-corrected chi connectivity index (χ1v) is 5.99. The summed E-state index contributed by atoms with van der Waals surface area (Å²) >= 11 is 0. The first kappa shape index (κ1) is 12.1.